The molecule has 0 radical (unpaired) electrons. The van der Waals surface area contributed by atoms with Gasteiger partial charge in [-0.15, -0.1) is 0 Å². The zero-order chi connectivity index (χ0) is 13.1. The van der Waals surface area contributed by atoms with Gasteiger partial charge in [-0.2, -0.15) is 4.98 Å². The van der Waals surface area contributed by atoms with Crippen molar-refractivity contribution in [1.29, 1.82) is 0 Å². The van der Waals surface area contributed by atoms with Crippen LogP contribution in [0.4, 0.5) is 0 Å². The van der Waals surface area contributed by atoms with E-state index in [2.05, 4.69) is 25.9 Å². The highest BCUT2D eigenvalue weighted by molar-refractivity contribution is 9.10. The summed E-state index contributed by atoms with van der Waals surface area (Å²) in [6.07, 6.45) is 0. The van der Waals surface area contributed by atoms with Gasteiger partial charge in [0, 0.05) is 10.2 Å². The van der Waals surface area contributed by atoms with E-state index >= 15 is 0 Å². The Balaban J connectivity index is 2.28. The van der Waals surface area contributed by atoms with Crippen molar-refractivity contribution >= 4 is 21.9 Å². The van der Waals surface area contributed by atoms with Gasteiger partial charge in [0.25, 0.3) is 0 Å². The van der Waals surface area contributed by atoms with E-state index in [0.717, 1.165) is 4.47 Å². The minimum absolute atomic E-state index is 0.0229. The van der Waals surface area contributed by atoms with Crippen LogP contribution in [-0.2, 0) is 0 Å². The Morgan fingerprint density at radius 1 is 1.28 bits per heavy atom. The van der Waals surface area contributed by atoms with Gasteiger partial charge in [-0.05, 0) is 37.3 Å². The summed E-state index contributed by atoms with van der Waals surface area (Å²) in [7, 11) is 0. The van der Waals surface area contributed by atoms with Crippen LogP contribution in [0.15, 0.2) is 34.8 Å². The lowest BCUT2D eigenvalue weighted by Crippen LogP contribution is -2.04. The van der Waals surface area contributed by atoms with Gasteiger partial charge in [-0.3, -0.25) is 0 Å². The molecule has 2 aromatic rings. The molecule has 6 heteroatoms. The first-order valence-electron chi connectivity index (χ1n) is 5.07. The molecule has 1 N–H and O–H groups in total. The summed E-state index contributed by atoms with van der Waals surface area (Å²) in [5, 5.41) is 8.88. The summed E-state index contributed by atoms with van der Waals surface area (Å²) in [6, 6.07) is 8.49. The number of nitrogens with zero attached hydrogens (tertiary/aromatic N) is 2. The maximum Gasteiger partial charge on any atom is 0.354 e. The molecule has 0 saturated carbocycles. The van der Waals surface area contributed by atoms with Crippen molar-refractivity contribution in [2.75, 3.05) is 0 Å². The largest absolute Gasteiger partial charge is 0.477 e. The first-order valence-corrected chi connectivity index (χ1v) is 5.86. The summed E-state index contributed by atoms with van der Waals surface area (Å²) in [5.41, 5.74) is 0.448. The number of carboxylic acid groups (broad SMARTS) is 1. The van der Waals surface area contributed by atoms with Crippen molar-refractivity contribution in [3.05, 3.63) is 46.2 Å². The van der Waals surface area contributed by atoms with Crippen molar-refractivity contribution in [2.24, 2.45) is 0 Å². The summed E-state index contributed by atoms with van der Waals surface area (Å²) in [4.78, 5) is 18.7. The molecular formula is C12H9BrN2O3. The summed E-state index contributed by atoms with van der Waals surface area (Å²) >= 11 is 3.31. The van der Waals surface area contributed by atoms with Crippen LogP contribution < -0.4 is 4.74 Å². The van der Waals surface area contributed by atoms with Crippen LogP contribution in [0, 0.1) is 6.92 Å². The quantitative estimate of drug-likeness (QED) is 0.943. The Morgan fingerprint density at radius 2 is 1.94 bits per heavy atom. The van der Waals surface area contributed by atoms with E-state index in [9.17, 15) is 4.79 Å². The van der Waals surface area contributed by atoms with Crippen molar-refractivity contribution < 1.29 is 14.6 Å². The number of hydrogen-bond acceptors (Lipinski definition) is 4. The summed E-state index contributed by atoms with van der Waals surface area (Å²) < 4.78 is 6.32. The zero-order valence-electron chi connectivity index (χ0n) is 9.42. The van der Waals surface area contributed by atoms with Crippen LogP contribution in [0.1, 0.15) is 16.2 Å². The molecule has 0 aliphatic rings. The number of hydrogen-bond donors (Lipinski definition) is 1. The van der Waals surface area contributed by atoms with Gasteiger partial charge in [0.1, 0.15) is 5.75 Å². The predicted octanol–water partition coefficient (Wildman–Crippen LogP) is 3.04. The van der Waals surface area contributed by atoms with E-state index in [1.807, 2.05) is 12.1 Å². The highest BCUT2D eigenvalue weighted by atomic mass is 79.9. The topological polar surface area (TPSA) is 72.3 Å². The molecule has 0 bridgehead atoms. The number of carboxylic acids is 1. The summed E-state index contributed by atoms with van der Waals surface area (Å²) in [6.45, 7) is 1.68. The molecule has 18 heavy (non-hydrogen) atoms. The number of aryl methyl sites for hydroxylation is 1. The van der Waals surface area contributed by atoms with Crippen LogP contribution in [0.3, 0.4) is 0 Å². The maximum absolute atomic E-state index is 10.9. The monoisotopic (exact) mass is 308 g/mol. The number of rotatable bonds is 3. The fraction of sp³-hybridized carbons (Fsp3) is 0.0833. The van der Waals surface area contributed by atoms with Crippen LogP contribution in [0.2, 0.25) is 0 Å². The van der Waals surface area contributed by atoms with E-state index in [4.69, 9.17) is 9.84 Å². The van der Waals surface area contributed by atoms with Gasteiger partial charge in [0.15, 0.2) is 5.69 Å². The molecule has 0 amide bonds. The second kappa shape index (κ2) is 5.14. The van der Waals surface area contributed by atoms with E-state index in [1.54, 1.807) is 19.1 Å². The molecule has 92 valence electrons. The van der Waals surface area contributed by atoms with Gasteiger partial charge in [0.05, 0.1) is 0 Å². The molecule has 0 aliphatic carbocycles. The molecule has 1 aromatic heterocycles. The molecule has 0 spiro atoms. The van der Waals surface area contributed by atoms with Gasteiger partial charge >= 0.3 is 12.0 Å². The Hall–Kier alpha value is -1.95. The maximum atomic E-state index is 10.9. The number of aromatic carboxylic acids is 1. The van der Waals surface area contributed by atoms with Gasteiger partial charge in [0.2, 0.25) is 0 Å². The average molecular weight is 309 g/mol. The standard InChI is InChI=1S/C12H9BrN2O3/c1-7-6-10(11(16)17)15-12(14-7)18-9-4-2-8(13)3-5-9/h2-6H,1H3,(H,16,17). The molecule has 0 aliphatic heterocycles. The lowest BCUT2D eigenvalue weighted by Gasteiger charge is -2.05. The molecule has 1 heterocycles. The number of carbonyl (C=O) groups is 1. The molecule has 0 atom stereocenters. The average Bonchev–Trinajstić information content (AvgIpc) is 2.31. The lowest BCUT2D eigenvalue weighted by atomic mass is 10.3. The van der Waals surface area contributed by atoms with Crippen LogP contribution in [0.25, 0.3) is 0 Å². The molecule has 0 unspecified atom stereocenters. The normalized spacial score (nSPS) is 10.1. The van der Waals surface area contributed by atoms with E-state index in [0.29, 0.717) is 11.4 Å². The van der Waals surface area contributed by atoms with Crippen molar-refractivity contribution in [3.8, 4) is 11.8 Å². The fourth-order valence-corrected chi connectivity index (χ4v) is 1.57. The van der Waals surface area contributed by atoms with Crippen molar-refractivity contribution in [2.45, 2.75) is 6.92 Å². The predicted molar refractivity (Wildman–Crippen MR) is 67.9 cm³/mol. The lowest BCUT2D eigenvalue weighted by molar-refractivity contribution is 0.0689. The van der Waals surface area contributed by atoms with E-state index in [-0.39, 0.29) is 11.7 Å². The second-order valence-electron chi connectivity index (χ2n) is 3.54. The minimum atomic E-state index is -1.11. The van der Waals surface area contributed by atoms with Crippen LogP contribution in [0.5, 0.6) is 11.8 Å². The number of aromatic nitrogens is 2. The highest BCUT2D eigenvalue weighted by Crippen LogP contribution is 2.21. The molecule has 5 nitrogen and oxygen atoms in total. The zero-order valence-corrected chi connectivity index (χ0v) is 11.0. The molecule has 0 fully saturated rings. The van der Waals surface area contributed by atoms with E-state index in [1.165, 1.54) is 6.07 Å². The highest BCUT2D eigenvalue weighted by Gasteiger charge is 2.10. The van der Waals surface area contributed by atoms with Gasteiger partial charge in [-0.1, -0.05) is 15.9 Å². The first kappa shape index (κ1) is 12.5. The van der Waals surface area contributed by atoms with E-state index < -0.39 is 5.97 Å². The fourth-order valence-electron chi connectivity index (χ4n) is 1.30. The first-order chi connectivity index (χ1) is 8.54. The Morgan fingerprint density at radius 3 is 2.56 bits per heavy atom. The molecule has 1 aromatic carbocycles. The molecule has 0 saturated heterocycles. The SMILES string of the molecule is Cc1cc(C(=O)O)nc(Oc2ccc(Br)cc2)n1. The molecule has 2 rings (SSSR count). The Kier molecular flexibility index (Phi) is 3.57. The van der Waals surface area contributed by atoms with Crippen LogP contribution >= 0.6 is 15.9 Å². The third-order valence-corrected chi connectivity index (χ3v) is 2.60. The summed E-state index contributed by atoms with van der Waals surface area (Å²) in [5.74, 6) is -0.568. The number of halogens is 1. The molecular weight excluding hydrogens is 300 g/mol. The smallest absolute Gasteiger partial charge is 0.354 e. The third-order valence-electron chi connectivity index (χ3n) is 2.08. The van der Waals surface area contributed by atoms with Crippen LogP contribution in [-0.4, -0.2) is 21.0 Å². The Labute approximate surface area is 112 Å². The van der Waals surface area contributed by atoms with Crippen molar-refractivity contribution in [1.82, 2.24) is 9.97 Å². The van der Waals surface area contributed by atoms with Crippen molar-refractivity contribution in [3.63, 3.8) is 0 Å². The van der Waals surface area contributed by atoms with Gasteiger partial charge in [-0.25, -0.2) is 9.78 Å². The Bertz CT molecular complexity index is 584. The number of benzene rings is 1. The van der Waals surface area contributed by atoms with Gasteiger partial charge < -0.3 is 9.84 Å². The third kappa shape index (κ3) is 3.04. The second-order valence-corrected chi connectivity index (χ2v) is 4.45. The number of ether oxygens (including phenoxy) is 1. The minimum Gasteiger partial charge on any atom is -0.477 e.